The molecule has 0 fully saturated rings. The molecular weight excluding hydrogens is 488 g/mol. The van der Waals surface area contributed by atoms with Gasteiger partial charge >= 0.3 is 7.12 Å². The van der Waals surface area contributed by atoms with Gasteiger partial charge in [-0.3, -0.25) is 9.59 Å². The number of carbonyl (C=O) groups excluding carboxylic acids is 2. The topological polar surface area (TPSA) is 145 Å². The molecule has 1 aromatic carbocycles. The molecule has 0 heterocycles. The molecule has 0 aliphatic carbocycles. The second-order valence-corrected chi connectivity index (χ2v) is 11.2. The summed E-state index contributed by atoms with van der Waals surface area (Å²) in [6, 6.07) is 2.90. The van der Waals surface area contributed by atoms with E-state index in [4.69, 9.17) is 0 Å². The van der Waals surface area contributed by atoms with Gasteiger partial charge in [0.15, 0.2) is 0 Å². The van der Waals surface area contributed by atoms with Crippen LogP contribution in [0.2, 0.25) is 0 Å². The van der Waals surface area contributed by atoms with Crippen molar-refractivity contribution in [2.45, 2.75) is 95.4 Å². The molecule has 0 aliphatic rings. The molecule has 0 radical (unpaired) electrons. The number of sulfonamides is 1. The number of benzene rings is 1. The minimum Gasteiger partial charge on any atom is -0.426 e. The Labute approximate surface area is 214 Å². The molecule has 0 saturated carbocycles. The maximum absolute atomic E-state index is 13.2. The van der Waals surface area contributed by atoms with Gasteiger partial charge in [-0.1, -0.05) is 59.3 Å². The predicted molar refractivity (Wildman–Crippen MR) is 138 cm³/mol. The Balaban J connectivity index is 2.82. The van der Waals surface area contributed by atoms with E-state index in [2.05, 4.69) is 22.3 Å². The summed E-state index contributed by atoms with van der Waals surface area (Å²) in [7, 11) is -5.91. The number of unbranched alkanes of at least 4 members (excludes halogenated alkanes) is 6. The summed E-state index contributed by atoms with van der Waals surface area (Å²) in [5.74, 6) is -2.70. The maximum Gasteiger partial charge on any atom is 0.475 e. The van der Waals surface area contributed by atoms with E-state index in [-0.39, 0.29) is 23.7 Å². The third-order valence-electron chi connectivity index (χ3n) is 5.67. The first-order valence-corrected chi connectivity index (χ1v) is 14.2. The average molecular weight is 529 g/mol. The number of carbonyl (C=O) groups is 2. The lowest BCUT2D eigenvalue weighted by molar-refractivity contribution is -0.129. The molecule has 5 N–H and O–H groups in total. The molecule has 1 rings (SSSR count). The van der Waals surface area contributed by atoms with Gasteiger partial charge in [-0.2, -0.15) is 0 Å². The van der Waals surface area contributed by atoms with Gasteiger partial charge in [-0.25, -0.2) is 17.5 Å². The SMILES string of the molecule is CCCCCCCCCC(=O)N[C@@H](CNS(=O)(=O)c1ccc(F)cc1)C(=O)N[C@@H](CC(C)C)B(O)O. The molecule has 0 spiro atoms. The van der Waals surface area contributed by atoms with Crippen LogP contribution in [-0.2, 0) is 19.6 Å². The highest BCUT2D eigenvalue weighted by atomic mass is 32.2. The molecule has 9 nitrogen and oxygen atoms in total. The largest absolute Gasteiger partial charge is 0.475 e. The molecule has 204 valence electrons. The van der Waals surface area contributed by atoms with Gasteiger partial charge in [0.25, 0.3) is 0 Å². The minimum absolute atomic E-state index is 0.0412. The molecule has 0 aromatic heterocycles. The monoisotopic (exact) mass is 529 g/mol. The number of hydrogen-bond acceptors (Lipinski definition) is 6. The Morgan fingerprint density at radius 3 is 2.11 bits per heavy atom. The van der Waals surface area contributed by atoms with Crippen molar-refractivity contribution >= 4 is 29.0 Å². The van der Waals surface area contributed by atoms with E-state index in [1.165, 1.54) is 6.42 Å². The first-order valence-electron chi connectivity index (χ1n) is 12.7. The fourth-order valence-corrected chi connectivity index (χ4v) is 4.70. The number of hydrogen-bond donors (Lipinski definition) is 5. The molecule has 2 atom stereocenters. The number of nitrogens with one attached hydrogen (secondary N) is 3. The Hall–Kier alpha value is -2.02. The number of rotatable bonds is 18. The maximum atomic E-state index is 13.2. The van der Waals surface area contributed by atoms with Crippen LogP contribution in [0.15, 0.2) is 29.2 Å². The first kappa shape index (κ1) is 32.0. The van der Waals surface area contributed by atoms with Crippen molar-refractivity contribution in [2.24, 2.45) is 5.92 Å². The van der Waals surface area contributed by atoms with Gasteiger partial charge in [0.05, 0.1) is 10.8 Å². The third-order valence-corrected chi connectivity index (χ3v) is 7.11. The Morgan fingerprint density at radius 2 is 1.56 bits per heavy atom. The van der Waals surface area contributed by atoms with Crippen molar-refractivity contribution in [3.05, 3.63) is 30.1 Å². The van der Waals surface area contributed by atoms with Crippen LogP contribution in [-0.4, -0.2) is 55.9 Å². The van der Waals surface area contributed by atoms with Crippen LogP contribution in [0.5, 0.6) is 0 Å². The lowest BCUT2D eigenvalue weighted by atomic mass is 9.75. The van der Waals surface area contributed by atoms with Crippen molar-refractivity contribution in [1.29, 1.82) is 0 Å². The molecule has 1 aromatic rings. The minimum atomic E-state index is -4.08. The standard InChI is InChI=1S/C24H41BFN3O6S/c1-4-5-6-7-8-9-10-11-23(30)28-21(24(31)29-22(25(32)33)16-18(2)3)17-27-36(34,35)20-14-12-19(26)13-15-20/h12-15,18,21-22,27,32-33H,4-11,16-17H2,1-3H3,(H,28,30)(H,29,31)/t21-,22-/m0/s1. The molecule has 36 heavy (non-hydrogen) atoms. The Bertz CT molecular complexity index is 900. The fraction of sp³-hybridized carbons (Fsp3) is 0.667. The van der Waals surface area contributed by atoms with E-state index in [0.717, 1.165) is 56.4 Å². The zero-order valence-electron chi connectivity index (χ0n) is 21.5. The summed E-state index contributed by atoms with van der Waals surface area (Å²) in [6.45, 7) is 5.37. The van der Waals surface area contributed by atoms with Crippen molar-refractivity contribution in [2.75, 3.05) is 6.54 Å². The van der Waals surface area contributed by atoms with Crippen molar-refractivity contribution in [3.63, 3.8) is 0 Å². The second kappa shape index (κ2) is 16.7. The van der Waals surface area contributed by atoms with E-state index >= 15 is 0 Å². The summed E-state index contributed by atoms with van der Waals surface area (Å²) in [4.78, 5) is 25.2. The smallest absolute Gasteiger partial charge is 0.426 e. The van der Waals surface area contributed by atoms with Crippen LogP contribution in [0, 0.1) is 11.7 Å². The predicted octanol–water partition coefficient (Wildman–Crippen LogP) is 2.27. The van der Waals surface area contributed by atoms with Crippen molar-refractivity contribution in [1.82, 2.24) is 15.4 Å². The lowest BCUT2D eigenvalue weighted by Gasteiger charge is -2.24. The molecular formula is C24H41BFN3O6S. The summed E-state index contributed by atoms with van der Waals surface area (Å²) in [5.41, 5.74) is 0. The van der Waals surface area contributed by atoms with Crippen LogP contribution in [0.1, 0.15) is 78.6 Å². The molecule has 0 bridgehead atoms. The highest BCUT2D eigenvalue weighted by molar-refractivity contribution is 7.89. The zero-order valence-corrected chi connectivity index (χ0v) is 22.3. The van der Waals surface area contributed by atoms with Gasteiger partial charge in [-0.15, -0.1) is 0 Å². The fourth-order valence-electron chi connectivity index (χ4n) is 3.65. The molecule has 0 aliphatic heterocycles. The quantitative estimate of drug-likeness (QED) is 0.146. The first-order chi connectivity index (χ1) is 17.0. The summed E-state index contributed by atoms with van der Waals surface area (Å²) >= 11 is 0. The normalized spacial score (nSPS) is 13.3. The Morgan fingerprint density at radius 1 is 0.972 bits per heavy atom. The Kier molecular flexibility index (Phi) is 14.8. The van der Waals surface area contributed by atoms with Gasteiger partial charge in [0.2, 0.25) is 21.8 Å². The zero-order chi connectivity index (χ0) is 27.1. The van der Waals surface area contributed by atoms with Crippen molar-refractivity contribution in [3.8, 4) is 0 Å². The molecule has 2 amide bonds. The van der Waals surface area contributed by atoms with Crippen molar-refractivity contribution < 1.29 is 32.4 Å². The van der Waals surface area contributed by atoms with Crippen LogP contribution < -0.4 is 15.4 Å². The highest BCUT2D eigenvalue weighted by Crippen LogP contribution is 2.11. The highest BCUT2D eigenvalue weighted by Gasteiger charge is 2.30. The molecule has 12 heteroatoms. The second-order valence-electron chi connectivity index (χ2n) is 9.46. The number of halogens is 1. The van der Waals surface area contributed by atoms with Gasteiger partial charge < -0.3 is 20.7 Å². The molecule has 0 unspecified atom stereocenters. The van der Waals surface area contributed by atoms with Crippen LogP contribution in [0.3, 0.4) is 0 Å². The van der Waals surface area contributed by atoms with E-state index in [9.17, 15) is 32.4 Å². The molecule has 0 saturated heterocycles. The van der Waals surface area contributed by atoms with Gasteiger partial charge in [0, 0.05) is 13.0 Å². The van der Waals surface area contributed by atoms with Gasteiger partial charge in [-0.05, 0) is 43.0 Å². The van der Waals surface area contributed by atoms with Crippen LogP contribution >= 0.6 is 0 Å². The van der Waals surface area contributed by atoms with E-state index in [0.29, 0.717) is 6.42 Å². The van der Waals surface area contributed by atoms with Crippen LogP contribution in [0.4, 0.5) is 4.39 Å². The average Bonchev–Trinajstić information content (AvgIpc) is 2.80. The van der Waals surface area contributed by atoms with E-state index in [1.54, 1.807) is 0 Å². The van der Waals surface area contributed by atoms with Crippen LogP contribution in [0.25, 0.3) is 0 Å². The third kappa shape index (κ3) is 12.8. The lowest BCUT2D eigenvalue weighted by Crippen LogP contribution is -2.57. The van der Waals surface area contributed by atoms with Gasteiger partial charge in [0.1, 0.15) is 11.9 Å². The summed E-state index contributed by atoms with van der Waals surface area (Å²) in [6.07, 6.45) is 7.58. The van der Waals surface area contributed by atoms with E-state index in [1.807, 2.05) is 13.8 Å². The van der Waals surface area contributed by atoms with E-state index < -0.39 is 53.3 Å². The number of amides is 2. The summed E-state index contributed by atoms with van der Waals surface area (Å²) < 4.78 is 40.6. The summed E-state index contributed by atoms with van der Waals surface area (Å²) in [5, 5.41) is 24.3.